The van der Waals surface area contributed by atoms with Crippen molar-refractivity contribution in [1.82, 2.24) is 0 Å². The lowest BCUT2D eigenvalue weighted by Gasteiger charge is -2.00. The SMILES string of the molecule is CC(=O)c1cc(F)c(Cl)c(I)c1. The highest BCUT2D eigenvalue weighted by Crippen LogP contribution is 2.23. The Bertz CT molecular complexity index is 315. The molecule has 0 heterocycles. The lowest BCUT2D eigenvalue weighted by molar-refractivity contribution is 0.101. The van der Waals surface area contributed by atoms with Crippen LogP contribution in [0.4, 0.5) is 4.39 Å². The molecule has 0 spiro atoms. The molecular formula is C8H5ClFIO. The molecule has 64 valence electrons. The number of hydrogen-bond acceptors (Lipinski definition) is 1. The van der Waals surface area contributed by atoms with Gasteiger partial charge in [0.25, 0.3) is 0 Å². The molecule has 0 fully saturated rings. The van der Waals surface area contributed by atoms with E-state index in [0.717, 1.165) is 6.07 Å². The molecule has 0 atom stereocenters. The highest BCUT2D eigenvalue weighted by molar-refractivity contribution is 14.1. The summed E-state index contributed by atoms with van der Waals surface area (Å²) >= 11 is 7.45. The van der Waals surface area contributed by atoms with E-state index in [9.17, 15) is 9.18 Å². The van der Waals surface area contributed by atoms with Gasteiger partial charge in [-0.2, -0.15) is 0 Å². The first kappa shape index (κ1) is 9.92. The van der Waals surface area contributed by atoms with Crippen LogP contribution in [-0.4, -0.2) is 5.78 Å². The van der Waals surface area contributed by atoms with Gasteiger partial charge in [0.2, 0.25) is 0 Å². The van der Waals surface area contributed by atoms with Crippen LogP contribution in [0.15, 0.2) is 12.1 Å². The Kier molecular flexibility index (Phi) is 3.06. The monoisotopic (exact) mass is 298 g/mol. The van der Waals surface area contributed by atoms with E-state index in [-0.39, 0.29) is 10.8 Å². The molecule has 1 aromatic carbocycles. The van der Waals surface area contributed by atoms with Crippen LogP contribution in [0.1, 0.15) is 17.3 Å². The number of ketones is 1. The number of Topliss-reactive ketones (excluding diaryl/α,β-unsaturated/α-hetero) is 1. The average Bonchev–Trinajstić information content (AvgIpc) is 1.99. The Morgan fingerprint density at radius 2 is 2.17 bits per heavy atom. The maximum atomic E-state index is 12.9. The molecule has 0 saturated carbocycles. The summed E-state index contributed by atoms with van der Waals surface area (Å²) in [5, 5.41) is 0.0700. The fourth-order valence-corrected chi connectivity index (χ4v) is 1.46. The summed E-state index contributed by atoms with van der Waals surface area (Å²) in [6.07, 6.45) is 0. The molecule has 0 saturated heterocycles. The number of benzene rings is 1. The van der Waals surface area contributed by atoms with Crippen molar-refractivity contribution >= 4 is 40.0 Å². The minimum absolute atomic E-state index is 0.0700. The van der Waals surface area contributed by atoms with Gasteiger partial charge in [-0.25, -0.2) is 4.39 Å². The van der Waals surface area contributed by atoms with Crippen LogP contribution in [0, 0.1) is 9.39 Å². The second-order valence-electron chi connectivity index (χ2n) is 2.31. The standard InChI is InChI=1S/C8H5ClFIO/c1-4(12)5-2-6(10)8(9)7(11)3-5/h2-3H,1H3. The highest BCUT2D eigenvalue weighted by atomic mass is 127. The lowest BCUT2D eigenvalue weighted by Crippen LogP contribution is -1.95. The van der Waals surface area contributed by atoms with Crippen LogP contribution in [0.25, 0.3) is 0 Å². The normalized spacial score (nSPS) is 10.0. The molecule has 0 radical (unpaired) electrons. The Hall–Kier alpha value is -0.160. The van der Waals surface area contributed by atoms with Crippen LogP contribution in [-0.2, 0) is 0 Å². The largest absolute Gasteiger partial charge is 0.295 e. The minimum Gasteiger partial charge on any atom is -0.295 e. The summed E-state index contributed by atoms with van der Waals surface area (Å²) in [6, 6.07) is 2.71. The molecule has 1 aromatic rings. The summed E-state index contributed by atoms with van der Waals surface area (Å²) in [6.45, 7) is 1.39. The van der Waals surface area contributed by atoms with Crippen molar-refractivity contribution in [2.75, 3.05) is 0 Å². The molecule has 4 heteroatoms. The van der Waals surface area contributed by atoms with Gasteiger partial charge in [0.05, 0.1) is 5.02 Å². The average molecular weight is 298 g/mol. The molecule has 1 nitrogen and oxygen atoms in total. The third kappa shape index (κ3) is 1.95. The third-order valence-corrected chi connectivity index (χ3v) is 2.94. The van der Waals surface area contributed by atoms with E-state index in [4.69, 9.17) is 11.6 Å². The van der Waals surface area contributed by atoms with Gasteiger partial charge in [-0.1, -0.05) is 11.6 Å². The quantitative estimate of drug-likeness (QED) is 0.442. The summed E-state index contributed by atoms with van der Waals surface area (Å²) in [5.74, 6) is -0.711. The Balaban J connectivity index is 3.31. The fourth-order valence-electron chi connectivity index (χ4n) is 0.759. The van der Waals surface area contributed by atoms with Crippen LogP contribution >= 0.6 is 34.2 Å². The van der Waals surface area contributed by atoms with Crippen molar-refractivity contribution in [3.63, 3.8) is 0 Å². The fraction of sp³-hybridized carbons (Fsp3) is 0.125. The maximum Gasteiger partial charge on any atom is 0.159 e. The molecule has 0 aliphatic rings. The van der Waals surface area contributed by atoms with Crippen molar-refractivity contribution in [3.05, 3.63) is 32.1 Å². The van der Waals surface area contributed by atoms with E-state index < -0.39 is 5.82 Å². The van der Waals surface area contributed by atoms with E-state index in [1.54, 1.807) is 6.07 Å². The smallest absolute Gasteiger partial charge is 0.159 e. The van der Waals surface area contributed by atoms with E-state index in [2.05, 4.69) is 0 Å². The molecule has 1 rings (SSSR count). The molecule has 0 amide bonds. The zero-order chi connectivity index (χ0) is 9.30. The Morgan fingerprint density at radius 1 is 1.58 bits per heavy atom. The van der Waals surface area contributed by atoms with Crippen molar-refractivity contribution < 1.29 is 9.18 Å². The Morgan fingerprint density at radius 3 is 2.58 bits per heavy atom. The first-order valence-electron chi connectivity index (χ1n) is 3.18. The van der Waals surface area contributed by atoms with Gasteiger partial charge >= 0.3 is 0 Å². The molecular weight excluding hydrogens is 293 g/mol. The van der Waals surface area contributed by atoms with Gasteiger partial charge in [-0.05, 0) is 41.6 Å². The summed E-state index contributed by atoms with van der Waals surface area (Å²) in [4.78, 5) is 10.8. The van der Waals surface area contributed by atoms with E-state index in [0.29, 0.717) is 9.13 Å². The van der Waals surface area contributed by atoms with Crippen molar-refractivity contribution in [2.24, 2.45) is 0 Å². The number of carbonyl (C=O) groups excluding carboxylic acids is 1. The molecule has 12 heavy (non-hydrogen) atoms. The van der Waals surface area contributed by atoms with Gasteiger partial charge in [0.15, 0.2) is 5.78 Å². The minimum atomic E-state index is -0.547. The maximum absolute atomic E-state index is 12.9. The van der Waals surface area contributed by atoms with Crippen LogP contribution in [0.2, 0.25) is 5.02 Å². The summed E-state index contributed by atoms with van der Waals surface area (Å²) < 4.78 is 13.5. The zero-order valence-corrected chi connectivity index (χ0v) is 9.11. The van der Waals surface area contributed by atoms with Gasteiger partial charge in [-0.15, -0.1) is 0 Å². The van der Waals surface area contributed by atoms with E-state index >= 15 is 0 Å². The molecule has 0 aliphatic carbocycles. The number of halogens is 3. The summed E-state index contributed by atoms with van der Waals surface area (Å²) in [7, 11) is 0. The molecule has 0 bridgehead atoms. The lowest BCUT2D eigenvalue weighted by atomic mass is 10.1. The van der Waals surface area contributed by atoms with Gasteiger partial charge in [0.1, 0.15) is 5.82 Å². The van der Waals surface area contributed by atoms with Gasteiger partial charge in [-0.3, -0.25) is 4.79 Å². The second-order valence-corrected chi connectivity index (χ2v) is 3.85. The first-order valence-corrected chi connectivity index (χ1v) is 4.63. The first-order chi connectivity index (χ1) is 5.52. The van der Waals surface area contributed by atoms with E-state index in [1.165, 1.54) is 6.92 Å². The van der Waals surface area contributed by atoms with E-state index in [1.807, 2.05) is 22.6 Å². The summed E-state index contributed by atoms with van der Waals surface area (Å²) in [5.41, 5.74) is 0.348. The zero-order valence-electron chi connectivity index (χ0n) is 6.20. The number of hydrogen-bond donors (Lipinski definition) is 0. The molecule has 0 unspecified atom stereocenters. The predicted octanol–water partition coefficient (Wildman–Crippen LogP) is 3.29. The van der Waals surface area contributed by atoms with Crippen LogP contribution in [0.3, 0.4) is 0 Å². The molecule has 0 aliphatic heterocycles. The van der Waals surface area contributed by atoms with Crippen molar-refractivity contribution in [1.29, 1.82) is 0 Å². The topological polar surface area (TPSA) is 17.1 Å². The molecule has 0 aromatic heterocycles. The van der Waals surface area contributed by atoms with Crippen LogP contribution in [0.5, 0.6) is 0 Å². The number of carbonyl (C=O) groups is 1. The Labute approximate surface area is 88.1 Å². The third-order valence-electron chi connectivity index (χ3n) is 1.39. The predicted molar refractivity (Wildman–Crippen MR) is 54.1 cm³/mol. The van der Waals surface area contributed by atoms with Crippen molar-refractivity contribution in [3.8, 4) is 0 Å². The second kappa shape index (κ2) is 3.70. The van der Waals surface area contributed by atoms with Crippen molar-refractivity contribution in [2.45, 2.75) is 6.92 Å². The number of rotatable bonds is 1. The highest BCUT2D eigenvalue weighted by Gasteiger charge is 2.08. The van der Waals surface area contributed by atoms with Crippen LogP contribution < -0.4 is 0 Å². The molecule has 0 N–H and O–H groups in total. The van der Waals surface area contributed by atoms with Gasteiger partial charge in [0, 0.05) is 9.13 Å². The van der Waals surface area contributed by atoms with Gasteiger partial charge < -0.3 is 0 Å².